The molecule has 0 radical (unpaired) electrons. The first-order chi connectivity index (χ1) is 7.58. The Balaban J connectivity index is 2.86. The second-order valence-corrected chi connectivity index (χ2v) is 3.81. The number of rotatable bonds is 4. The van der Waals surface area contributed by atoms with Gasteiger partial charge in [-0.2, -0.15) is 5.26 Å². The zero-order valence-corrected chi connectivity index (χ0v) is 9.97. The van der Waals surface area contributed by atoms with Crippen molar-refractivity contribution in [1.29, 1.82) is 5.26 Å². The third-order valence-corrected chi connectivity index (χ3v) is 2.93. The van der Waals surface area contributed by atoms with Gasteiger partial charge in [0.25, 0.3) is 5.91 Å². The van der Waals surface area contributed by atoms with Crippen LogP contribution in [0, 0.1) is 11.3 Å². The van der Waals surface area contributed by atoms with Crippen molar-refractivity contribution in [1.82, 2.24) is 5.32 Å². The van der Waals surface area contributed by atoms with Crippen LogP contribution in [0.25, 0.3) is 0 Å². The van der Waals surface area contributed by atoms with E-state index in [9.17, 15) is 4.79 Å². The molecule has 0 aromatic carbocycles. The Hall–Kier alpha value is -1.47. The van der Waals surface area contributed by atoms with Crippen LogP contribution in [0.2, 0.25) is 5.22 Å². The van der Waals surface area contributed by atoms with E-state index in [1.165, 1.54) is 12.3 Å². The Morgan fingerprint density at radius 3 is 2.62 bits per heavy atom. The van der Waals surface area contributed by atoms with Gasteiger partial charge in [-0.25, -0.2) is 0 Å². The third kappa shape index (κ3) is 2.37. The van der Waals surface area contributed by atoms with Gasteiger partial charge in [-0.3, -0.25) is 4.79 Å². The van der Waals surface area contributed by atoms with E-state index in [1.807, 2.05) is 13.8 Å². The van der Waals surface area contributed by atoms with E-state index < -0.39 is 5.54 Å². The fourth-order valence-corrected chi connectivity index (χ4v) is 1.55. The summed E-state index contributed by atoms with van der Waals surface area (Å²) in [5, 5.41) is 11.8. The van der Waals surface area contributed by atoms with Crippen LogP contribution in [0.15, 0.2) is 16.7 Å². The minimum atomic E-state index is -0.836. The summed E-state index contributed by atoms with van der Waals surface area (Å²) in [6, 6.07) is 3.60. The van der Waals surface area contributed by atoms with Crippen LogP contribution in [0.5, 0.6) is 0 Å². The maximum Gasteiger partial charge on any atom is 0.257 e. The number of carbonyl (C=O) groups is 1. The van der Waals surface area contributed by atoms with Gasteiger partial charge in [0.1, 0.15) is 5.54 Å². The molecule has 0 atom stereocenters. The molecular formula is C11H13ClN2O2. The highest BCUT2D eigenvalue weighted by molar-refractivity contribution is 6.32. The standard InChI is InChI=1S/C11H13ClN2O2/c1-3-11(4-2,7-13)14-10(15)8-5-6-16-9(8)12/h5-6H,3-4H2,1-2H3,(H,14,15). The van der Waals surface area contributed by atoms with Crippen LogP contribution < -0.4 is 5.32 Å². The molecule has 0 unspecified atom stereocenters. The molecule has 0 saturated heterocycles. The first-order valence-electron chi connectivity index (χ1n) is 5.05. The topological polar surface area (TPSA) is 66.0 Å². The molecule has 1 heterocycles. The Bertz CT molecular complexity index is 416. The Kier molecular flexibility index (Phi) is 3.97. The molecule has 86 valence electrons. The molecule has 0 aliphatic heterocycles. The van der Waals surface area contributed by atoms with E-state index >= 15 is 0 Å². The van der Waals surface area contributed by atoms with Gasteiger partial charge in [-0.15, -0.1) is 0 Å². The number of nitrogens with zero attached hydrogens (tertiary/aromatic N) is 1. The third-order valence-electron chi connectivity index (χ3n) is 2.64. The molecule has 1 amide bonds. The number of furan rings is 1. The van der Waals surface area contributed by atoms with Crippen molar-refractivity contribution >= 4 is 17.5 Å². The summed E-state index contributed by atoms with van der Waals surface area (Å²) in [5.41, 5.74) is -0.583. The van der Waals surface area contributed by atoms with E-state index in [2.05, 4.69) is 11.4 Å². The number of hydrogen-bond donors (Lipinski definition) is 1. The average molecular weight is 241 g/mol. The van der Waals surface area contributed by atoms with E-state index in [4.69, 9.17) is 21.3 Å². The number of amides is 1. The molecule has 5 heteroatoms. The zero-order chi connectivity index (χ0) is 12.2. The van der Waals surface area contributed by atoms with Crippen LogP contribution in [0.4, 0.5) is 0 Å². The minimum Gasteiger partial charge on any atom is -0.452 e. The molecule has 16 heavy (non-hydrogen) atoms. The second kappa shape index (κ2) is 5.04. The van der Waals surface area contributed by atoms with Crippen molar-refractivity contribution in [2.75, 3.05) is 0 Å². The molecule has 0 fully saturated rings. The molecule has 1 aromatic heterocycles. The SMILES string of the molecule is CCC(C#N)(CC)NC(=O)c1ccoc1Cl. The van der Waals surface area contributed by atoms with Crippen molar-refractivity contribution in [2.24, 2.45) is 0 Å². The van der Waals surface area contributed by atoms with Gasteiger partial charge in [0.2, 0.25) is 5.22 Å². The van der Waals surface area contributed by atoms with Crippen molar-refractivity contribution in [3.05, 3.63) is 23.1 Å². The van der Waals surface area contributed by atoms with Gasteiger partial charge >= 0.3 is 0 Å². The second-order valence-electron chi connectivity index (χ2n) is 3.46. The molecule has 1 aromatic rings. The largest absolute Gasteiger partial charge is 0.452 e. The Morgan fingerprint density at radius 1 is 1.62 bits per heavy atom. The molecule has 0 spiro atoms. The number of nitriles is 1. The van der Waals surface area contributed by atoms with Gasteiger partial charge in [0.05, 0.1) is 17.9 Å². The lowest BCUT2D eigenvalue weighted by atomic mass is 9.94. The summed E-state index contributed by atoms with van der Waals surface area (Å²) < 4.78 is 4.82. The smallest absolute Gasteiger partial charge is 0.257 e. The summed E-state index contributed by atoms with van der Waals surface area (Å²) in [6.45, 7) is 3.70. The maximum atomic E-state index is 11.8. The fourth-order valence-electron chi connectivity index (χ4n) is 1.35. The first kappa shape index (κ1) is 12.6. The number of hydrogen-bond acceptors (Lipinski definition) is 3. The van der Waals surface area contributed by atoms with Gasteiger partial charge < -0.3 is 9.73 Å². The highest BCUT2D eigenvalue weighted by atomic mass is 35.5. The zero-order valence-electron chi connectivity index (χ0n) is 9.21. The van der Waals surface area contributed by atoms with Crippen molar-refractivity contribution in [3.63, 3.8) is 0 Å². The van der Waals surface area contributed by atoms with Crippen LogP contribution in [0.1, 0.15) is 37.0 Å². The van der Waals surface area contributed by atoms with Gasteiger partial charge in [-0.05, 0) is 30.5 Å². The minimum absolute atomic E-state index is 0.0385. The van der Waals surface area contributed by atoms with E-state index in [0.29, 0.717) is 12.8 Å². The maximum absolute atomic E-state index is 11.8. The fraction of sp³-hybridized carbons (Fsp3) is 0.455. The number of nitrogens with one attached hydrogen (secondary N) is 1. The monoisotopic (exact) mass is 240 g/mol. The highest BCUT2D eigenvalue weighted by Gasteiger charge is 2.29. The highest BCUT2D eigenvalue weighted by Crippen LogP contribution is 2.19. The quantitative estimate of drug-likeness (QED) is 0.880. The van der Waals surface area contributed by atoms with Crippen molar-refractivity contribution in [3.8, 4) is 6.07 Å². The molecule has 0 saturated carbocycles. The lowest BCUT2D eigenvalue weighted by Gasteiger charge is -2.24. The van der Waals surface area contributed by atoms with Crippen LogP contribution >= 0.6 is 11.6 Å². The number of halogens is 1. The average Bonchev–Trinajstić information content (AvgIpc) is 2.72. The first-order valence-corrected chi connectivity index (χ1v) is 5.43. The van der Waals surface area contributed by atoms with Crippen LogP contribution in [-0.4, -0.2) is 11.4 Å². The summed E-state index contributed by atoms with van der Waals surface area (Å²) >= 11 is 5.68. The Labute approximate surface area is 99.2 Å². The van der Waals surface area contributed by atoms with Gasteiger partial charge in [0.15, 0.2) is 0 Å². The van der Waals surface area contributed by atoms with Crippen molar-refractivity contribution in [2.45, 2.75) is 32.2 Å². The molecule has 1 N–H and O–H groups in total. The van der Waals surface area contributed by atoms with Crippen molar-refractivity contribution < 1.29 is 9.21 Å². The predicted molar refractivity (Wildman–Crippen MR) is 60.1 cm³/mol. The Morgan fingerprint density at radius 2 is 2.25 bits per heavy atom. The van der Waals surface area contributed by atoms with Gasteiger partial charge in [-0.1, -0.05) is 13.8 Å². The number of carbonyl (C=O) groups excluding carboxylic acids is 1. The summed E-state index contributed by atoms with van der Waals surface area (Å²) in [4.78, 5) is 11.8. The lowest BCUT2D eigenvalue weighted by Crippen LogP contribution is -2.46. The van der Waals surface area contributed by atoms with Crippen LogP contribution in [-0.2, 0) is 0 Å². The molecule has 0 aliphatic rings. The summed E-state index contributed by atoms with van der Waals surface area (Å²) in [5.74, 6) is -0.385. The molecule has 0 aliphatic carbocycles. The van der Waals surface area contributed by atoms with Crippen LogP contribution in [0.3, 0.4) is 0 Å². The summed E-state index contributed by atoms with van der Waals surface area (Å²) in [6.07, 6.45) is 2.42. The normalized spacial score (nSPS) is 10.9. The molecule has 1 rings (SSSR count). The van der Waals surface area contributed by atoms with Gasteiger partial charge in [0, 0.05) is 0 Å². The molecule has 0 bridgehead atoms. The van der Waals surface area contributed by atoms with E-state index in [-0.39, 0.29) is 16.7 Å². The molecular weight excluding hydrogens is 228 g/mol. The van der Waals surface area contributed by atoms with E-state index in [0.717, 1.165) is 0 Å². The molecule has 4 nitrogen and oxygen atoms in total. The predicted octanol–water partition coefficient (Wildman–Crippen LogP) is 2.75. The summed E-state index contributed by atoms with van der Waals surface area (Å²) in [7, 11) is 0. The lowest BCUT2D eigenvalue weighted by molar-refractivity contribution is 0.0915. The van der Waals surface area contributed by atoms with E-state index in [1.54, 1.807) is 0 Å².